The summed E-state index contributed by atoms with van der Waals surface area (Å²) < 4.78 is 0. The van der Waals surface area contributed by atoms with E-state index in [0.29, 0.717) is 0 Å². The van der Waals surface area contributed by atoms with E-state index in [-0.39, 0.29) is 11.3 Å². The van der Waals surface area contributed by atoms with Gasteiger partial charge in [-0.3, -0.25) is 19.7 Å². The van der Waals surface area contributed by atoms with E-state index in [2.05, 4.69) is 62.6 Å². The fourth-order valence-corrected chi connectivity index (χ4v) is 4.37. The predicted octanol–water partition coefficient (Wildman–Crippen LogP) is 3.71. The van der Waals surface area contributed by atoms with E-state index in [9.17, 15) is 4.79 Å². The van der Waals surface area contributed by atoms with Gasteiger partial charge in [0.05, 0.1) is 5.41 Å². The van der Waals surface area contributed by atoms with Gasteiger partial charge >= 0.3 is 0 Å². The quantitative estimate of drug-likeness (QED) is 0.685. The van der Waals surface area contributed by atoms with E-state index in [1.165, 1.54) is 11.1 Å². The van der Waals surface area contributed by atoms with Crippen molar-refractivity contribution in [2.24, 2.45) is 5.41 Å². The average molecular weight is 401 g/mol. The number of hydrogen-bond donors (Lipinski definition) is 1. The number of carbonyl (C=O) groups is 1. The average Bonchev–Trinajstić information content (AvgIpc) is 2.81. The molecule has 30 heavy (non-hydrogen) atoms. The van der Waals surface area contributed by atoms with Gasteiger partial charge in [-0.25, -0.2) is 0 Å². The van der Waals surface area contributed by atoms with Gasteiger partial charge in [-0.1, -0.05) is 30.3 Å². The molecule has 3 aromatic rings. The number of rotatable bonds is 6. The first kappa shape index (κ1) is 20.2. The Bertz CT molecular complexity index is 949. The van der Waals surface area contributed by atoms with Crippen molar-refractivity contribution in [1.82, 2.24) is 20.2 Å². The second kappa shape index (κ2) is 9.18. The summed E-state index contributed by atoms with van der Waals surface area (Å²) in [6, 6.07) is 16.7. The second-order valence-corrected chi connectivity index (χ2v) is 8.11. The van der Waals surface area contributed by atoms with Crippen LogP contribution in [-0.2, 0) is 17.8 Å². The Balaban J connectivity index is 1.45. The standard InChI is InChI=1S/C25H28N4O/c1-26-24(30)25(10-15-29(16-11-25)19-21-8-13-27-14-9-21)17-20-4-6-22(7-5-20)23-3-2-12-28-18-23/h2-9,12-14,18H,10-11,15-17,19H2,1H3,(H,26,30). The molecule has 5 nitrogen and oxygen atoms in total. The molecule has 4 rings (SSSR count). The molecule has 0 unspecified atom stereocenters. The van der Waals surface area contributed by atoms with Gasteiger partial charge < -0.3 is 5.32 Å². The van der Waals surface area contributed by atoms with Crippen molar-refractivity contribution >= 4 is 5.91 Å². The van der Waals surface area contributed by atoms with Crippen LogP contribution in [0.1, 0.15) is 24.0 Å². The lowest BCUT2D eigenvalue weighted by molar-refractivity contribution is -0.133. The topological polar surface area (TPSA) is 58.1 Å². The smallest absolute Gasteiger partial charge is 0.226 e. The monoisotopic (exact) mass is 400 g/mol. The zero-order valence-corrected chi connectivity index (χ0v) is 17.4. The zero-order chi connectivity index (χ0) is 20.8. The van der Waals surface area contributed by atoms with Crippen LogP contribution in [0.25, 0.3) is 11.1 Å². The number of likely N-dealkylation sites (tertiary alicyclic amines) is 1. The van der Waals surface area contributed by atoms with Crippen LogP contribution in [0.4, 0.5) is 0 Å². The zero-order valence-electron chi connectivity index (χ0n) is 17.4. The van der Waals surface area contributed by atoms with Crippen LogP contribution < -0.4 is 5.32 Å². The van der Waals surface area contributed by atoms with Crippen molar-refractivity contribution < 1.29 is 4.79 Å². The highest BCUT2D eigenvalue weighted by atomic mass is 16.2. The minimum atomic E-state index is -0.348. The summed E-state index contributed by atoms with van der Waals surface area (Å²) in [5.74, 6) is 0.155. The van der Waals surface area contributed by atoms with Gasteiger partial charge in [-0.05, 0) is 72.8 Å². The maximum Gasteiger partial charge on any atom is 0.226 e. The summed E-state index contributed by atoms with van der Waals surface area (Å²) in [5.41, 5.74) is 4.37. The third-order valence-electron chi connectivity index (χ3n) is 6.17. The number of benzene rings is 1. The molecular formula is C25H28N4O. The van der Waals surface area contributed by atoms with Gasteiger partial charge in [-0.15, -0.1) is 0 Å². The molecule has 0 atom stereocenters. The van der Waals surface area contributed by atoms with Gasteiger partial charge in [0.25, 0.3) is 0 Å². The molecular weight excluding hydrogens is 372 g/mol. The summed E-state index contributed by atoms with van der Waals surface area (Å²) in [6.45, 7) is 2.75. The lowest BCUT2D eigenvalue weighted by Crippen LogP contribution is -2.49. The molecule has 0 bridgehead atoms. The fraction of sp³-hybridized carbons (Fsp3) is 0.320. The minimum absolute atomic E-state index is 0.155. The Kier molecular flexibility index (Phi) is 6.19. The minimum Gasteiger partial charge on any atom is -0.359 e. The number of nitrogens with one attached hydrogen (secondary N) is 1. The second-order valence-electron chi connectivity index (χ2n) is 8.11. The summed E-state index contributed by atoms with van der Waals surface area (Å²) >= 11 is 0. The SMILES string of the molecule is CNC(=O)C1(Cc2ccc(-c3cccnc3)cc2)CCN(Cc2ccncc2)CC1. The number of amides is 1. The van der Waals surface area contributed by atoms with Crippen LogP contribution in [0.5, 0.6) is 0 Å². The van der Waals surface area contributed by atoms with Crippen LogP contribution in [0.3, 0.4) is 0 Å². The fourth-order valence-electron chi connectivity index (χ4n) is 4.37. The van der Waals surface area contributed by atoms with Crippen LogP contribution in [-0.4, -0.2) is 40.9 Å². The molecule has 1 amide bonds. The highest BCUT2D eigenvalue weighted by molar-refractivity contribution is 5.83. The van der Waals surface area contributed by atoms with E-state index in [0.717, 1.165) is 50.0 Å². The van der Waals surface area contributed by atoms with Crippen molar-refractivity contribution in [3.05, 3.63) is 84.4 Å². The Hall–Kier alpha value is -3.05. The van der Waals surface area contributed by atoms with E-state index >= 15 is 0 Å². The normalized spacial score (nSPS) is 16.2. The van der Waals surface area contributed by atoms with Gasteiger partial charge in [-0.2, -0.15) is 0 Å². The van der Waals surface area contributed by atoms with E-state index in [4.69, 9.17) is 0 Å². The molecule has 1 aliphatic heterocycles. The molecule has 0 saturated carbocycles. The van der Waals surface area contributed by atoms with Crippen molar-refractivity contribution in [2.45, 2.75) is 25.8 Å². The molecule has 2 aromatic heterocycles. The molecule has 5 heteroatoms. The Morgan fingerprint density at radius 2 is 1.67 bits per heavy atom. The Morgan fingerprint density at radius 3 is 2.30 bits per heavy atom. The molecule has 3 heterocycles. The molecule has 154 valence electrons. The lowest BCUT2D eigenvalue weighted by Gasteiger charge is -2.40. The van der Waals surface area contributed by atoms with Crippen molar-refractivity contribution in [3.63, 3.8) is 0 Å². The van der Waals surface area contributed by atoms with E-state index in [1.807, 2.05) is 24.7 Å². The van der Waals surface area contributed by atoms with Crippen LogP contribution >= 0.6 is 0 Å². The number of hydrogen-bond acceptors (Lipinski definition) is 4. The highest BCUT2D eigenvalue weighted by Crippen LogP contribution is 2.36. The first-order valence-electron chi connectivity index (χ1n) is 10.5. The first-order chi connectivity index (χ1) is 14.7. The Labute approximate surface area is 178 Å². The maximum absolute atomic E-state index is 12.9. The van der Waals surface area contributed by atoms with E-state index < -0.39 is 0 Å². The Morgan fingerprint density at radius 1 is 0.933 bits per heavy atom. The molecule has 1 aromatic carbocycles. The summed E-state index contributed by atoms with van der Waals surface area (Å²) in [5, 5.41) is 2.92. The number of aromatic nitrogens is 2. The summed E-state index contributed by atoms with van der Waals surface area (Å²) in [6.07, 6.45) is 9.82. The third kappa shape index (κ3) is 4.57. The molecule has 1 aliphatic rings. The first-order valence-corrected chi connectivity index (χ1v) is 10.5. The predicted molar refractivity (Wildman–Crippen MR) is 119 cm³/mol. The molecule has 1 saturated heterocycles. The van der Waals surface area contributed by atoms with Crippen LogP contribution in [0.15, 0.2) is 73.3 Å². The van der Waals surface area contributed by atoms with Crippen molar-refractivity contribution in [2.75, 3.05) is 20.1 Å². The van der Waals surface area contributed by atoms with Gasteiger partial charge in [0, 0.05) is 38.4 Å². The number of nitrogens with zero attached hydrogens (tertiary/aromatic N) is 3. The largest absolute Gasteiger partial charge is 0.359 e. The van der Waals surface area contributed by atoms with Crippen molar-refractivity contribution in [3.8, 4) is 11.1 Å². The summed E-state index contributed by atoms with van der Waals surface area (Å²) in [7, 11) is 1.75. The van der Waals surface area contributed by atoms with E-state index in [1.54, 1.807) is 13.2 Å². The van der Waals surface area contributed by atoms with Crippen LogP contribution in [0.2, 0.25) is 0 Å². The van der Waals surface area contributed by atoms with Gasteiger partial charge in [0.2, 0.25) is 5.91 Å². The summed E-state index contributed by atoms with van der Waals surface area (Å²) in [4.78, 5) is 23.6. The molecule has 1 N–H and O–H groups in total. The molecule has 1 fully saturated rings. The molecule has 0 radical (unpaired) electrons. The lowest BCUT2D eigenvalue weighted by atomic mass is 9.73. The molecule has 0 aliphatic carbocycles. The van der Waals surface area contributed by atoms with Gasteiger partial charge in [0.1, 0.15) is 0 Å². The highest BCUT2D eigenvalue weighted by Gasteiger charge is 2.40. The van der Waals surface area contributed by atoms with Crippen LogP contribution in [0, 0.1) is 5.41 Å². The maximum atomic E-state index is 12.9. The number of pyridine rings is 2. The third-order valence-corrected chi connectivity index (χ3v) is 6.17. The van der Waals surface area contributed by atoms with Gasteiger partial charge in [0.15, 0.2) is 0 Å². The number of carbonyl (C=O) groups excluding carboxylic acids is 1. The molecule has 0 spiro atoms. The number of piperidine rings is 1. The van der Waals surface area contributed by atoms with Crippen molar-refractivity contribution in [1.29, 1.82) is 0 Å².